The highest BCUT2D eigenvalue weighted by atomic mass is 35.5. The monoisotopic (exact) mass is 293 g/mol. The van der Waals surface area contributed by atoms with E-state index in [9.17, 15) is 0 Å². The zero-order chi connectivity index (χ0) is 14.0. The lowest BCUT2D eigenvalue weighted by atomic mass is 9.91. The topological polar surface area (TPSA) is 35.2 Å². The summed E-state index contributed by atoms with van der Waals surface area (Å²) in [5.74, 6) is 0.357. The molecule has 1 aliphatic carbocycles. The van der Waals surface area contributed by atoms with Crippen molar-refractivity contribution in [3.63, 3.8) is 0 Å². The Morgan fingerprint density at radius 2 is 2.10 bits per heavy atom. The van der Waals surface area contributed by atoms with Crippen LogP contribution in [0.15, 0.2) is 24.3 Å². The van der Waals surface area contributed by atoms with E-state index in [2.05, 4.69) is 6.07 Å². The number of nitrogens with two attached hydrogens (primary N) is 1. The molecule has 2 nitrogen and oxygen atoms in total. The van der Waals surface area contributed by atoms with Gasteiger partial charge in [0.05, 0.1) is 11.7 Å². The number of rotatable bonds is 4. The minimum absolute atomic E-state index is 0.220. The molecule has 1 heterocycles. The van der Waals surface area contributed by atoms with Gasteiger partial charge in [0.2, 0.25) is 0 Å². The lowest BCUT2D eigenvalue weighted by Gasteiger charge is -2.25. The van der Waals surface area contributed by atoms with Crippen molar-refractivity contribution in [2.24, 2.45) is 5.73 Å². The molecule has 0 aromatic heterocycles. The lowest BCUT2D eigenvalue weighted by molar-refractivity contribution is -0.0408. The molecule has 1 aliphatic heterocycles. The van der Waals surface area contributed by atoms with E-state index in [0.717, 1.165) is 11.4 Å². The van der Waals surface area contributed by atoms with Gasteiger partial charge >= 0.3 is 0 Å². The number of halogens is 1. The largest absolute Gasteiger partial charge is 0.372 e. The highest BCUT2D eigenvalue weighted by molar-refractivity contribution is 6.30. The van der Waals surface area contributed by atoms with Crippen molar-refractivity contribution in [3.05, 3.63) is 34.9 Å². The molecule has 2 aliphatic rings. The van der Waals surface area contributed by atoms with Crippen molar-refractivity contribution < 1.29 is 4.74 Å². The number of benzene rings is 1. The second-order valence-electron chi connectivity index (χ2n) is 6.39. The Hall–Kier alpha value is -0.570. The normalized spacial score (nSPS) is 26.2. The van der Waals surface area contributed by atoms with Crippen LogP contribution in [0.1, 0.15) is 56.4 Å². The molecule has 1 aromatic rings. The van der Waals surface area contributed by atoms with Gasteiger partial charge in [-0.3, -0.25) is 0 Å². The molecule has 3 rings (SSSR count). The Kier molecular flexibility index (Phi) is 4.34. The first-order valence-electron chi connectivity index (χ1n) is 7.84. The second kappa shape index (κ2) is 6.05. The summed E-state index contributed by atoms with van der Waals surface area (Å²) in [6.07, 6.45) is 9.02. The smallest absolute Gasteiger partial charge is 0.0687 e. The fourth-order valence-corrected chi connectivity index (χ4v) is 4.09. The summed E-state index contributed by atoms with van der Waals surface area (Å²) in [4.78, 5) is 0. The van der Waals surface area contributed by atoms with Crippen molar-refractivity contribution >= 4 is 11.6 Å². The molecule has 3 heteroatoms. The van der Waals surface area contributed by atoms with Gasteiger partial charge in [0.25, 0.3) is 0 Å². The van der Waals surface area contributed by atoms with Crippen molar-refractivity contribution in [2.75, 3.05) is 6.54 Å². The summed E-state index contributed by atoms with van der Waals surface area (Å²) in [5.41, 5.74) is 7.45. The van der Waals surface area contributed by atoms with Crippen molar-refractivity contribution in [1.29, 1.82) is 0 Å². The molecule has 0 radical (unpaired) electrons. The summed E-state index contributed by atoms with van der Waals surface area (Å²) in [7, 11) is 0. The van der Waals surface area contributed by atoms with Crippen LogP contribution in [0.4, 0.5) is 0 Å². The predicted octanol–water partition coefficient (Wildman–Crippen LogP) is 4.26. The number of hydrogen-bond acceptors (Lipinski definition) is 2. The van der Waals surface area contributed by atoms with Crippen molar-refractivity contribution in [2.45, 2.75) is 62.6 Å². The lowest BCUT2D eigenvalue weighted by Crippen LogP contribution is -2.26. The molecular weight excluding hydrogens is 270 g/mol. The van der Waals surface area contributed by atoms with Crippen molar-refractivity contribution in [3.8, 4) is 0 Å². The molecule has 2 atom stereocenters. The summed E-state index contributed by atoms with van der Waals surface area (Å²) < 4.78 is 6.41. The SMILES string of the molecule is NCC(CC1CCC2(CCCC2)O1)c1cccc(Cl)c1. The molecule has 110 valence electrons. The van der Waals surface area contributed by atoms with Gasteiger partial charge in [-0.15, -0.1) is 0 Å². The van der Waals surface area contributed by atoms with Gasteiger partial charge in [0.1, 0.15) is 0 Å². The van der Waals surface area contributed by atoms with Gasteiger partial charge < -0.3 is 10.5 Å². The summed E-state index contributed by atoms with van der Waals surface area (Å²) in [6.45, 7) is 0.660. The standard InChI is InChI=1S/C17H24ClNO/c18-15-5-3-4-13(10-15)14(12-19)11-16-6-9-17(20-16)7-1-2-8-17/h3-5,10,14,16H,1-2,6-9,11-12,19H2. The van der Waals surface area contributed by atoms with E-state index in [4.69, 9.17) is 22.1 Å². The average Bonchev–Trinajstić information content (AvgIpc) is 3.07. The first-order chi connectivity index (χ1) is 9.71. The zero-order valence-electron chi connectivity index (χ0n) is 12.0. The van der Waals surface area contributed by atoms with E-state index in [1.54, 1.807) is 0 Å². The predicted molar refractivity (Wildman–Crippen MR) is 83.2 cm³/mol. The van der Waals surface area contributed by atoms with E-state index in [1.165, 1.54) is 44.1 Å². The number of ether oxygens (including phenoxy) is 1. The van der Waals surface area contributed by atoms with E-state index < -0.39 is 0 Å². The molecule has 1 saturated heterocycles. The van der Waals surface area contributed by atoms with Gasteiger partial charge in [-0.2, -0.15) is 0 Å². The van der Waals surface area contributed by atoms with Crippen LogP contribution in [0.2, 0.25) is 5.02 Å². The first kappa shape index (κ1) is 14.4. The third-order valence-electron chi connectivity index (χ3n) is 5.01. The van der Waals surface area contributed by atoms with Crippen LogP contribution in [0.5, 0.6) is 0 Å². The highest BCUT2D eigenvalue weighted by Crippen LogP contribution is 2.45. The summed E-state index contributed by atoms with van der Waals surface area (Å²) in [6, 6.07) is 8.09. The Balaban J connectivity index is 1.64. The van der Waals surface area contributed by atoms with Gasteiger partial charge in [-0.05, 0) is 62.3 Å². The van der Waals surface area contributed by atoms with Crippen LogP contribution in [0, 0.1) is 0 Å². The molecule has 2 fully saturated rings. The third kappa shape index (κ3) is 3.03. The Morgan fingerprint density at radius 1 is 1.30 bits per heavy atom. The van der Waals surface area contributed by atoms with Crippen LogP contribution in [-0.2, 0) is 4.74 Å². The van der Waals surface area contributed by atoms with E-state index in [-0.39, 0.29) is 5.60 Å². The Morgan fingerprint density at radius 3 is 2.80 bits per heavy atom. The van der Waals surface area contributed by atoms with Crippen LogP contribution < -0.4 is 5.73 Å². The van der Waals surface area contributed by atoms with Crippen LogP contribution >= 0.6 is 11.6 Å². The van der Waals surface area contributed by atoms with E-state index >= 15 is 0 Å². The van der Waals surface area contributed by atoms with Gasteiger partial charge in [0.15, 0.2) is 0 Å². The quantitative estimate of drug-likeness (QED) is 0.900. The van der Waals surface area contributed by atoms with Crippen molar-refractivity contribution in [1.82, 2.24) is 0 Å². The molecule has 2 unspecified atom stereocenters. The van der Waals surface area contributed by atoms with Crippen LogP contribution in [0.3, 0.4) is 0 Å². The van der Waals surface area contributed by atoms with Gasteiger partial charge in [-0.25, -0.2) is 0 Å². The average molecular weight is 294 g/mol. The molecule has 0 amide bonds. The third-order valence-corrected chi connectivity index (χ3v) is 5.24. The van der Waals surface area contributed by atoms with Gasteiger partial charge in [0, 0.05) is 5.02 Å². The van der Waals surface area contributed by atoms with E-state index in [1.807, 2.05) is 18.2 Å². The van der Waals surface area contributed by atoms with Gasteiger partial charge in [-0.1, -0.05) is 36.6 Å². The fourth-order valence-electron chi connectivity index (χ4n) is 3.89. The summed E-state index contributed by atoms with van der Waals surface area (Å²) >= 11 is 6.09. The van der Waals surface area contributed by atoms with Crippen LogP contribution in [-0.4, -0.2) is 18.2 Å². The maximum Gasteiger partial charge on any atom is 0.0687 e. The molecule has 1 aromatic carbocycles. The zero-order valence-corrected chi connectivity index (χ0v) is 12.7. The fraction of sp³-hybridized carbons (Fsp3) is 0.647. The Labute approximate surface area is 126 Å². The summed E-state index contributed by atoms with van der Waals surface area (Å²) in [5, 5.41) is 0.792. The number of hydrogen-bond donors (Lipinski definition) is 1. The molecule has 0 bridgehead atoms. The maximum atomic E-state index is 6.41. The highest BCUT2D eigenvalue weighted by Gasteiger charge is 2.42. The first-order valence-corrected chi connectivity index (χ1v) is 8.22. The minimum Gasteiger partial charge on any atom is -0.372 e. The second-order valence-corrected chi connectivity index (χ2v) is 6.83. The minimum atomic E-state index is 0.220. The molecule has 1 saturated carbocycles. The molecule has 20 heavy (non-hydrogen) atoms. The van der Waals surface area contributed by atoms with E-state index in [0.29, 0.717) is 18.6 Å². The Bertz CT molecular complexity index is 456. The molecule has 1 spiro atoms. The van der Waals surface area contributed by atoms with Crippen LogP contribution in [0.25, 0.3) is 0 Å². The maximum absolute atomic E-state index is 6.41. The molecule has 2 N–H and O–H groups in total. The molecular formula is C17H24ClNO.